The number of nitrogens with zero attached hydrogens (tertiary/aromatic N) is 3. The van der Waals surface area contributed by atoms with Gasteiger partial charge < -0.3 is 15.2 Å². The van der Waals surface area contributed by atoms with Crippen molar-refractivity contribution in [2.75, 3.05) is 18.5 Å². The van der Waals surface area contributed by atoms with E-state index in [0.717, 1.165) is 6.07 Å². The number of nitrogens with one attached hydrogen (secondary N) is 1. The topological polar surface area (TPSA) is 106 Å². The Morgan fingerprint density at radius 2 is 1.94 bits per heavy atom. The summed E-state index contributed by atoms with van der Waals surface area (Å²) >= 11 is 0. The largest absolute Gasteiger partial charge is 0.477 e. The van der Waals surface area contributed by atoms with Gasteiger partial charge in [-0.25, -0.2) is 9.78 Å². The third-order valence-corrected chi connectivity index (χ3v) is 5.45. The standard InChI is InChI=1S/C20H21F3N4O4/c21-20(22,23)15-16(12-1-2-12)26-27(10-11-4-7-31-8-5-11)17(15)18(28)25-13-3-6-24-14(9-13)19(29)30/h3,6,9,11-12H,1-2,4-5,7-8,10H2,(H,29,30)(H,24,25,28). The molecular weight excluding hydrogens is 417 g/mol. The molecule has 1 saturated carbocycles. The van der Waals surface area contributed by atoms with Crippen LogP contribution in [-0.4, -0.2) is 45.0 Å². The molecule has 0 unspecified atom stereocenters. The van der Waals surface area contributed by atoms with Crippen molar-refractivity contribution in [3.05, 3.63) is 41.0 Å². The molecule has 0 aromatic carbocycles. The SMILES string of the molecule is O=C(O)c1cc(NC(=O)c2c(C(F)(F)F)c(C3CC3)nn2CC2CCOCC2)ccn1. The van der Waals surface area contributed by atoms with Crippen LogP contribution in [0.3, 0.4) is 0 Å². The van der Waals surface area contributed by atoms with Crippen LogP contribution in [0.15, 0.2) is 18.3 Å². The van der Waals surface area contributed by atoms with Gasteiger partial charge in [-0.1, -0.05) is 0 Å². The number of alkyl halides is 3. The molecule has 2 aliphatic rings. The number of aromatic nitrogens is 3. The van der Waals surface area contributed by atoms with Crippen LogP contribution >= 0.6 is 0 Å². The molecule has 2 N–H and O–H groups in total. The van der Waals surface area contributed by atoms with E-state index in [4.69, 9.17) is 9.84 Å². The summed E-state index contributed by atoms with van der Waals surface area (Å²) in [5.74, 6) is -2.56. The fourth-order valence-corrected chi connectivity index (χ4v) is 3.75. The molecule has 2 aromatic rings. The normalized spacial score (nSPS) is 17.5. The monoisotopic (exact) mass is 438 g/mol. The zero-order valence-electron chi connectivity index (χ0n) is 16.5. The lowest BCUT2D eigenvalue weighted by Crippen LogP contribution is -2.26. The van der Waals surface area contributed by atoms with E-state index in [9.17, 15) is 22.8 Å². The highest BCUT2D eigenvalue weighted by Gasteiger charge is 2.46. The maximum atomic E-state index is 14.0. The second-order valence-corrected chi connectivity index (χ2v) is 7.81. The summed E-state index contributed by atoms with van der Waals surface area (Å²) < 4.78 is 48.5. The van der Waals surface area contributed by atoms with Crippen LogP contribution in [-0.2, 0) is 17.5 Å². The Labute approximate surface area is 175 Å². The van der Waals surface area contributed by atoms with Gasteiger partial charge in [0.2, 0.25) is 0 Å². The van der Waals surface area contributed by atoms with E-state index in [1.54, 1.807) is 0 Å². The van der Waals surface area contributed by atoms with Crippen molar-refractivity contribution in [2.24, 2.45) is 5.92 Å². The van der Waals surface area contributed by atoms with Gasteiger partial charge in [-0.05, 0) is 43.7 Å². The van der Waals surface area contributed by atoms with Crippen molar-refractivity contribution in [1.82, 2.24) is 14.8 Å². The van der Waals surface area contributed by atoms with E-state index in [1.165, 1.54) is 16.9 Å². The Bertz CT molecular complexity index is 995. The fourth-order valence-electron chi connectivity index (χ4n) is 3.75. The number of hydrogen-bond donors (Lipinski definition) is 2. The summed E-state index contributed by atoms with van der Waals surface area (Å²) in [5.41, 5.74) is -1.94. The van der Waals surface area contributed by atoms with Crippen molar-refractivity contribution in [3.8, 4) is 0 Å². The summed E-state index contributed by atoms with van der Waals surface area (Å²) in [6.45, 7) is 1.22. The molecule has 0 radical (unpaired) electrons. The second kappa shape index (κ2) is 8.29. The van der Waals surface area contributed by atoms with Crippen LogP contribution in [0.4, 0.5) is 18.9 Å². The van der Waals surface area contributed by atoms with Gasteiger partial charge in [-0.2, -0.15) is 18.3 Å². The number of carbonyl (C=O) groups is 2. The molecule has 3 heterocycles. The van der Waals surface area contributed by atoms with E-state index in [-0.39, 0.29) is 35.5 Å². The lowest BCUT2D eigenvalue weighted by Gasteiger charge is -2.22. The van der Waals surface area contributed by atoms with Gasteiger partial charge >= 0.3 is 12.1 Å². The Kier molecular flexibility index (Phi) is 5.69. The lowest BCUT2D eigenvalue weighted by molar-refractivity contribution is -0.138. The Morgan fingerprint density at radius 3 is 2.55 bits per heavy atom. The highest BCUT2D eigenvalue weighted by molar-refractivity contribution is 6.05. The quantitative estimate of drug-likeness (QED) is 0.715. The van der Waals surface area contributed by atoms with Gasteiger partial charge in [0.05, 0.1) is 5.69 Å². The molecule has 2 aromatic heterocycles. The summed E-state index contributed by atoms with van der Waals surface area (Å²) in [6, 6.07) is 2.41. The van der Waals surface area contributed by atoms with Crippen LogP contribution in [0, 0.1) is 5.92 Å². The van der Waals surface area contributed by atoms with Crippen molar-refractivity contribution in [3.63, 3.8) is 0 Å². The maximum absolute atomic E-state index is 14.0. The summed E-state index contributed by atoms with van der Waals surface area (Å²) in [7, 11) is 0. The zero-order valence-corrected chi connectivity index (χ0v) is 16.5. The molecule has 1 aliphatic carbocycles. The first-order valence-corrected chi connectivity index (χ1v) is 10.0. The number of carboxylic acids is 1. The summed E-state index contributed by atoms with van der Waals surface area (Å²) in [4.78, 5) is 27.8. The van der Waals surface area contributed by atoms with E-state index >= 15 is 0 Å². The predicted octanol–water partition coefficient (Wildman–Crippen LogP) is 3.55. The molecule has 0 spiro atoms. The molecule has 11 heteroatoms. The number of pyridine rings is 1. The molecule has 4 rings (SSSR count). The van der Waals surface area contributed by atoms with E-state index < -0.39 is 29.3 Å². The van der Waals surface area contributed by atoms with Gasteiger partial charge in [-0.3, -0.25) is 9.48 Å². The number of hydrogen-bond acceptors (Lipinski definition) is 5. The predicted molar refractivity (Wildman–Crippen MR) is 102 cm³/mol. The van der Waals surface area contributed by atoms with Crippen molar-refractivity contribution >= 4 is 17.6 Å². The third-order valence-electron chi connectivity index (χ3n) is 5.45. The molecule has 1 aliphatic heterocycles. The minimum Gasteiger partial charge on any atom is -0.477 e. The summed E-state index contributed by atoms with van der Waals surface area (Å²) in [6.07, 6.45) is -1.03. The van der Waals surface area contributed by atoms with E-state index in [2.05, 4.69) is 15.4 Å². The van der Waals surface area contributed by atoms with Crippen LogP contribution in [0.1, 0.15) is 63.8 Å². The minimum atomic E-state index is -4.75. The highest BCUT2D eigenvalue weighted by atomic mass is 19.4. The number of carboxylic acid groups (broad SMARTS) is 1. The third kappa shape index (κ3) is 4.71. The first-order valence-electron chi connectivity index (χ1n) is 10.0. The van der Waals surface area contributed by atoms with Gasteiger partial charge in [0.1, 0.15) is 17.0 Å². The van der Waals surface area contributed by atoms with Crippen molar-refractivity contribution in [2.45, 2.75) is 44.3 Å². The number of halogens is 3. The molecule has 166 valence electrons. The van der Waals surface area contributed by atoms with Crippen molar-refractivity contribution in [1.29, 1.82) is 0 Å². The molecule has 0 bridgehead atoms. The molecule has 0 atom stereocenters. The lowest BCUT2D eigenvalue weighted by atomic mass is 10.0. The van der Waals surface area contributed by atoms with E-state index in [0.29, 0.717) is 38.9 Å². The average Bonchev–Trinajstić information content (AvgIpc) is 3.49. The number of anilines is 1. The number of carbonyl (C=O) groups excluding carboxylic acids is 1. The van der Waals surface area contributed by atoms with Crippen LogP contribution in [0.5, 0.6) is 0 Å². The average molecular weight is 438 g/mol. The molecule has 1 saturated heterocycles. The Morgan fingerprint density at radius 1 is 1.23 bits per heavy atom. The first-order chi connectivity index (χ1) is 14.7. The smallest absolute Gasteiger partial charge is 0.420 e. The zero-order chi connectivity index (χ0) is 22.2. The van der Waals surface area contributed by atoms with Crippen LogP contribution in [0.2, 0.25) is 0 Å². The molecule has 31 heavy (non-hydrogen) atoms. The molecule has 2 fully saturated rings. The fraction of sp³-hybridized carbons (Fsp3) is 0.500. The Balaban J connectivity index is 1.71. The number of aromatic carboxylic acids is 1. The minimum absolute atomic E-state index is 0.0392. The van der Waals surface area contributed by atoms with Gasteiger partial charge in [0.25, 0.3) is 5.91 Å². The van der Waals surface area contributed by atoms with Gasteiger partial charge in [0.15, 0.2) is 0 Å². The summed E-state index contributed by atoms with van der Waals surface area (Å²) in [5, 5.41) is 15.7. The Hall–Kier alpha value is -2.95. The van der Waals surface area contributed by atoms with Crippen molar-refractivity contribution < 1.29 is 32.6 Å². The van der Waals surface area contributed by atoms with Gasteiger partial charge in [0, 0.05) is 37.6 Å². The maximum Gasteiger partial charge on any atom is 0.420 e. The molecular formula is C20H21F3N4O4. The van der Waals surface area contributed by atoms with Crippen LogP contribution in [0.25, 0.3) is 0 Å². The number of amides is 1. The van der Waals surface area contributed by atoms with Gasteiger partial charge in [-0.15, -0.1) is 0 Å². The second-order valence-electron chi connectivity index (χ2n) is 7.81. The number of ether oxygens (including phenoxy) is 1. The molecule has 1 amide bonds. The van der Waals surface area contributed by atoms with Crippen LogP contribution < -0.4 is 5.32 Å². The molecule has 8 nitrogen and oxygen atoms in total. The highest BCUT2D eigenvalue weighted by Crippen LogP contribution is 2.46. The number of rotatable bonds is 6. The first kappa shape index (κ1) is 21.3. The van der Waals surface area contributed by atoms with E-state index in [1.807, 2.05) is 0 Å².